The van der Waals surface area contributed by atoms with Crippen molar-refractivity contribution in [2.24, 2.45) is 0 Å². The van der Waals surface area contributed by atoms with E-state index < -0.39 is 8.14 Å². The molecule has 0 aliphatic heterocycles. The first-order valence-electron chi connectivity index (χ1n) is 0.535. The number of hydrogen-bond donors (Lipinski definition) is 0. The summed E-state index contributed by atoms with van der Waals surface area (Å²) < 4.78 is 0. The zero-order valence-electron chi connectivity index (χ0n) is 2.17. The molecule has 4 heteroatoms. The minimum Gasteiger partial charge on any atom is -0.155 e. The zero-order valence-corrected chi connectivity index (χ0v) is 6.51. The highest BCUT2D eigenvalue weighted by Gasteiger charge is 1.46. The molecule has 0 nitrogen and oxygen atoms in total. The minimum absolute atomic E-state index is 0. The van der Waals surface area contributed by atoms with E-state index in [1.165, 1.54) is 0 Å². The van der Waals surface area contributed by atoms with Gasteiger partial charge in [0, 0.05) is 0 Å². The first-order chi connectivity index (χ1) is 1.41. The van der Waals surface area contributed by atoms with E-state index in [2.05, 4.69) is 0 Å². The standard InChI is InChI=1S/Cl2H2Si.H3P/c1-3-2;/h3H2;1H3. The second kappa shape index (κ2) is 8.88. The molecule has 0 heterocycles. The van der Waals surface area contributed by atoms with Gasteiger partial charge in [0.25, 0.3) is 0 Å². The van der Waals surface area contributed by atoms with Gasteiger partial charge >= 0.3 is 0 Å². The normalized spacial score (nSPS) is 4.50. The van der Waals surface area contributed by atoms with Crippen molar-refractivity contribution in [3.05, 3.63) is 0 Å². The summed E-state index contributed by atoms with van der Waals surface area (Å²) in [5, 5.41) is 0. The van der Waals surface area contributed by atoms with Crippen LogP contribution in [0.15, 0.2) is 0 Å². The Bertz CT molecular complexity index is 6.00. The molecule has 0 saturated carbocycles. The predicted molar refractivity (Wildman–Crippen MR) is 31.4 cm³/mol. The maximum Gasteiger partial charge on any atom is 0.222 e. The molecule has 4 heavy (non-hydrogen) atoms. The Balaban J connectivity index is 0. The summed E-state index contributed by atoms with van der Waals surface area (Å²) in [5.74, 6) is 0. The molecule has 0 saturated heterocycles. The lowest BCUT2D eigenvalue weighted by atomic mass is 27.8. The lowest BCUT2D eigenvalue weighted by Gasteiger charge is -1.39. The molecule has 0 amide bonds. The highest BCUT2D eigenvalue weighted by Crippen LogP contribution is 1.67. The van der Waals surface area contributed by atoms with Crippen molar-refractivity contribution >= 4 is 40.2 Å². The summed E-state index contributed by atoms with van der Waals surface area (Å²) >= 11 is 9.81. The van der Waals surface area contributed by atoms with Gasteiger partial charge in [-0.2, -0.15) is 32.1 Å². The summed E-state index contributed by atoms with van der Waals surface area (Å²) in [7, 11) is -0.639. The van der Waals surface area contributed by atoms with Gasteiger partial charge in [-0.3, -0.25) is 0 Å². The molecular weight excluding hydrogens is 130 g/mol. The van der Waals surface area contributed by atoms with E-state index >= 15 is 0 Å². The molecule has 0 N–H and O–H groups in total. The van der Waals surface area contributed by atoms with Crippen LogP contribution >= 0.6 is 32.1 Å². The van der Waals surface area contributed by atoms with Gasteiger partial charge in [-0.15, -0.1) is 0 Å². The highest BCUT2D eigenvalue weighted by atomic mass is 35.7. The van der Waals surface area contributed by atoms with Crippen LogP contribution in [0.1, 0.15) is 0 Å². The van der Waals surface area contributed by atoms with E-state index in [9.17, 15) is 0 Å². The van der Waals surface area contributed by atoms with Crippen molar-refractivity contribution in [3.8, 4) is 0 Å². The number of rotatable bonds is 0. The second-order valence-electron chi connectivity index (χ2n) is 0.101. The Morgan fingerprint density at radius 1 is 1.25 bits per heavy atom. The SMILES string of the molecule is Cl[SiH2]Cl.P. The minimum atomic E-state index is -0.639. The molecule has 0 aromatic carbocycles. The molecule has 0 aliphatic rings. The van der Waals surface area contributed by atoms with Gasteiger partial charge in [-0.1, -0.05) is 0 Å². The molecule has 28 valence electrons. The fraction of sp³-hybridized carbons (Fsp3) is 0. The molecule has 0 spiro atoms. The third-order valence-corrected chi connectivity index (χ3v) is 0. The van der Waals surface area contributed by atoms with Crippen LogP contribution in [-0.2, 0) is 0 Å². The summed E-state index contributed by atoms with van der Waals surface area (Å²) in [5.41, 5.74) is 0. The third-order valence-electron chi connectivity index (χ3n) is 0. The summed E-state index contributed by atoms with van der Waals surface area (Å²) in [6, 6.07) is 0. The molecule has 1 atom stereocenters. The Labute approximate surface area is 40.7 Å². The monoisotopic (exact) mass is 134 g/mol. The summed E-state index contributed by atoms with van der Waals surface area (Å²) in [6.07, 6.45) is 0. The van der Waals surface area contributed by atoms with Crippen molar-refractivity contribution in [1.82, 2.24) is 0 Å². The van der Waals surface area contributed by atoms with Crippen molar-refractivity contribution in [2.45, 2.75) is 0 Å². The molecule has 1 unspecified atom stereocenters. The van der Waals surface area contributed by atoms with Gasteiger partial charge in [-0.25, -0.2) is 0 Å². The van der Waals surface area contributed by atoms with E-state index in [1.54, 1.807) is 0 Å². The molecule has 0 aliphatic carbocycles. The average molecular weight is 135 g/mol. The lowest BCUT2D eigenvalue weighted by molar-refractivity contribution is 4.39. The van der Waals surface area contributed by atoms with Crippen LogP contribution in [0.25, 0.3) is 0 Å². The molecule has 0 bridgehead atoms. The van der Waals surface area contributed by atoms with Crippen LogP contribution in [0.3, 0.4) is 0 Å². The molecular formula is H5Cl2PSi. The van der Waals surface area contributed by atoms with Crippen LogP contribution in [0, 0.1) is 0 Å². The van der Waals surface area contributed by atoms with Gasteiger partial charge in [-0.05, 0) is 0 Å². The van der Waals surface area contributed by atoms with E-state index in [0.29, 0.717) is 0 Å². The zero-order chi connectivity index (χ0) is 2.71. The van der Waals surface area contributed by atoms with E-state index in [4.69, 9.17) is 22.2 Å². The second-order valence-corrected chi connectivity index (χ2v) is 2.73. The predicted octanol–water partition coefficient (Wildman–Crippen LogP) is 0.521. The van der Waals surface area contributed by atoms with Crippen molar-refractivity contribution in [3.63, 3.8) is 0 Å². The molecule has 0 fully saturated rings. The van der Waals surface area contributed by atoms with E-state index in [-0.39, 0.29) is 9.90 Å². The third kappa shape index (κ3) is 10.6. The van der Waals surface area contributed by atoms with Crippen LogP contribution < -0.4 is 0 Å². The van der Waals surface area contributed by atoms with Crippen molar-refractivity contribution in [1.29, 1.82) is 0 Å². The topological polar surface area (TPSA) is 0 Å². The Morgan fingerprint density at radius 3 is 1.25 bits per heavy atom. The molecule has 0 aromatic rings. The van der Waals surface area contributed by atoms with Crippen LogP contribution in [-0.4, -0.2) is 8.14 Å². The van der Waals surface area contributed by atoms with Crippen LogP contribution in [0.2, 0.25) is 0 Å². The van der Waals surface area contributed by atoms with Gasteiger partial charge in [0.15, 0.2) is 0 Å². The van der Waals surface area contributed by atoms with E-state index in [0.717, 1.165) is 0 Å². The Kier molecular flexibility index (Phi) is 19.9. The highest BCUT2D eigenvalue weighted by molar-refractivity contribution is 7.22. The van der Waals surface area contributed by atoms with Gasteiger partial charge in [0.2, 0.25) is 8.14 Å². The smallest absolute Gasteiger partial charge is 0.155 e. The van der Waals surface area contributed by atoms with Crippen molar-refractivity contribution < 1.29 is 0 Å². The molecule has 0 aromatic heterocycles. The average Bonchev–Trinajstić information content (AvgIpc) is 0.918. The number of hydrogen-bond acceptors (Lipinski definition) is 0. The Morgan fingerprint density at radius 2 is 1.25 bits per heavy atom. The maximum absolute atomic E-state index is 4.90. The van der Waals surface area contributed by atoms with Crippen LogP contribution in [0.4, 0.5) is 0 Å². The molecule has 0 rings (SSSR count). The summed E-state index contributed by atoms with van der Waals surface area (Å²) in [4.78, 5) is 0. The maximum atomic E-state index is 4.90. The largest absolute Gasteiger partial charge is 0.222 e. The van der Waals surface area contributed by atoms with Gasteiger partial charge in [0.05, 0.1) is 0 Å². The fourth-order valence-corrected chi connectivity index (χ4v) is 0. The number of halogens is 2. The first-order valence-corrected chi connectivity index (χ1v) is 4.81. The fourth-order valence-electron chi connectivity index (χ4n) is 0. The molecule has 0 radical (unpaired) electrons. The lowest BCUT2D eigenvalue weighted by Crippen LogP contribution is -1.36. The Hall–Kier alpha value is 1.23. The van der Waals surface area contributed by atoms with Crippen molar-refractivity contribution in [2.75, 3.05) is 0 Å². The van der Waals surface area contributed by atoms with E-state index in [1.807, 2.05) is 0 Å². The summed E-state index contributed by atoms with van der Waals surface area (Å²) in [6.45, 7) is 0. The van der Waals surface area contributed by atoms with Gasteiger partial charge in [0.1, 0.15) is 0 Å². The quantitative estimate of drug-likeness (QED) is 0.258. The van der Waals surface area contributed by atoms with Gasteiger partial charge < -0.3 is 0 Å². The van der Waals surface area contributed by atoms with Crippen LogP contribution in [0.5, 0.6) is 0 Å². The first kappa shape index (κ1) is 8.97.